The van der Waals surface area contributed by atoms with E-state index in [9.17, 15) is 0 Å². The normalized spacial score (nSPS) is 21.2. The molecule has 55 heavy (non-hydrogen) atoms. The van der Waals surface area contributed by atoms with E-state index in [1.807, 2.05) is 0 Å². The Labute approximate surface area is 354 Å². The summed E-state index contributed by atoms with van der Waals surface area (Å²) in [6.45, 7) is 15.6. The molecule has 0 aromatic heterocycles. The van der Waals surface area contributed by atoms with E-state index >= 15 is 0 Å². The van der Waals surface area contributed by atoms with Gasteiger partial charge in [0, 0.05) is 9.52 Å². The zero-order valence-electron chi connectivity index (χ0n) is 34.2. The van der Waals surface area contributed by atoms with Gasteiger partial charge >= 0.3 is 37.9 Å². The summed E-state index contributed by atoms with van der Waals surface area (Å²) in [6.07, 6.45) is 11.2. The molecule has 6 aromatic rings. The summed E-state index contributed by atoms with van der Waals surface area (Å²) in [7, 11) is 11.0. The van der Waals surface area contributed by atoms with Crippen LogP contribution in [0.3, 0.4) is 0 Å². The second-order valence-electron chi connectivity index (χ2n) is 17.1. The quantitative estimate of drug-likeness (QED) is 0.111. The van der Waals surface area contributed by atoms with Crippen LogP contribution in [0.2, 0.25) is 13.1 Å². The van der Waals surface area contributed by atoms with Gasteiger partial charge in [-0.15, -0.1) is 69.1 Å². The van der Waals surface area contributed by atoms with Gasteiger partial charge in [-0.1, -0.05) is 126 Å². The minimum absolute atomic E-state index is 0.509. The van der Waals surface area contributed by atoms with Gasteiger partial charge in [0.25, 0.3) is 0 Å². The molecule has 0 spiro atoms. The number of rotatable bonds is 7. The van der Waals surface area contributed by atoms with E-state index in [2.05, 4.69) is 157 Å². The Kier molecular flexibility index (Phi) is 15.0. The number of benzene rings is 4. The van der Waals surface area contributed by atoms with Crippen LogP contribution in [0.25, 0.3) is 43.8 Å². The van der Waals surface area contributed by atoms with E-state index in [-0.39, 0.29) is 0 Å². The Morgan fingerprint density at radius 2 is 1.16 bits per heavy atom. The Bertz CT molecular complexity index is 2060. The zero-order valence-corrected chi connectivity index (χ0v) is 39.2. The summed E-state index contributed by atoms with van der Waals surface area (Å²) >= 11 is -0.826. The molecule has 0 nitrogen and oxygen atoms in total. The third-order valence-corrected chi connectivity index (χ3v) is 12.9. The van der Waals surface area contributed by atoms with E-state index in [1.165, 1.54) is 105 Å². The molecule has 0 aliphatic heterocycles. The van der Waals surface area contributed by atoms with Gasteiger partial charge in [-0.2, -0.15) is 12.1 Å². The van der Waals surface area contributed by atoms with E-state index in [0.717, 1.165) is 33.7 Å². The topological polar surface area (TPSA) is 0 Å². The first-order chi connectivity index (χ1) is 26.6. The molecule has 1 atom stereocenters. The molecule has 4 fully saturated rings. The third kappa shape index (κ3) is 9.74. The molecule has 4 aliphatic carbocycles. The molecule has 4 aliphatic rings. The standard InChI is InChI=1S/C27H29.C22H25.C2H6Si.2ClH.Zr/c1-2-18-13-23-4-3-5-25(26(23)14-18)22-6-8-24(9-7-22)27-15-19-10-20(16-27)12-21(11-19)17-27;1-5-16(4)20-13-19-7-6-8-21(22(19)14-20)18-11-9-17(10-12-18)15(2)3;1-3-2;;;/h3-9,13-14,19-21H,2,10-12,15-17H2,1H3;6-16H,5H2,1-4H3;1-2H3;2*1H;/q2*-1;;;;+4/p-2. The van der Waals surface area contributed by atoms with Crippen molar-refractivity contribution in [2.45, 2.75) is 116 Å². The van der Waals surface area contributed by atoms with Gasteiger partial charge in [-0.3, -0.25) is 0 Å². The average molecular weight is 863 g/mol. The summed E-state index contributed by atoms with van der Waals surface area (Å²) in [4.78, 5) is 0. The Hall–Kier alpha value is -2.22. The van der Waals surface area contributed by atoms with Crippen molar-refractivity contribution in [3.05, 3.63) is 131 Å². The van der Waals surface area contributed by atoms with E-state index in [4.69, 9.17) is 17.0 Å². The summed E-state index contributed by atoms with van der Waals surface area (Å²) in [5.74, 6) is 4.26. The van der Waals surface area contributed by atoms with Crippen molar-refractivity contribution in [3.8, 4) is 22.3 Å². The number of hydrogen-bond acceptors (Lipinski definition) is 0. The SMILES string of the molecule is CCC(C)c1cc2c(-c3ccc(C(C)C)cc3)cccc2[cH-]1.CCc1cc2c(-c3ccc(C45CC6CC(CC(C6)C4)C5)cc3)cccc2[cH-]1.C[Si]C.[Cl][Zr+2][Cl]. The van der Waals surface area contributed by atoms with Crippen LogP contribution in [0, 0.1) is 17.8 Å². The van der Waals surface area contributed by atoms with E-state index < -0.39 is 20.8 Å². The molecular weight excluding hydrogens is 803 g/mol. The first-order valence-electron chi connectivity index (χ1n) is 20.8. The molecule has 6 aromatic carbocycles. The van der Waals surface area contributed by atoms with E-state index in [1.54, 1.807) is 5.56 Å². The van der Waals surface area contributed by atoms with Gasteiger partial charge in [-0.25, -0.2) is 0 Å². The molecule has 1 unspecified atom stereocenters. The van der Waals surface area contributed by atoms with Crippen LogP contribution in [0.5, 0.6) is 0 Å². The van der Waals surface area contributed by atoms with Gasteiger partial charge in [0.1, 0.15) is 0 Å². The molecule has 10 rings (SSSR count). The molecule has 286 valence electrons. The van der Waals surface area contributed by atoms with Crippen LogP contribution in [0.4, 0.5) is 0 Å². The Morgan fingerprint density at radius 1 is 0.691 bits per heavy atom. The van der Waals surface area contributed by atoms with Crippen molar-refractivity contribution in [1.29, 1.82) is 0 Å². The fraction of sp³-hybridized carbons (Fsp3) is 0.412. The van der Waals surface area contributed by atoms with Gasteiger partial charge in [0.2, 0.25) is 0 Å². The molecule has 4 heteroatoms. The second-order valence-corrected chi connectivity index (χ2v) is 21.8. The Morgan fingerprint density at radius 3 is 1.64 bits per heavy atom. The fourth-order valence-electron chi connectivity index (χ4n) is 10.3. The molecule has 0 saturated heterocycles. The fourth-order valence-corrected chi connectivity index (χ4v) is 10.3. The summed E-state index contributed by atoms with van der Waals surface area (Å²) in [6, 6.07) is 41.7. The van der Waals surface area contributed by atoms with Gasteiger partial charge in [0.15, 0.2) is 0 Å². The van der Waals surface area contributed by atoms with Crippen LogP contribution < -0.4 is 0 Å². The molecular formula is C51H60Cl2SiZr. The number of fused-ring (bicyclic) bond motifs is 2. The summed E-state index contributed by atoms with van der Waals surface area (Å²) in [5, 5.41) is 5.54. The number of aryl methyl sites for hydroxylation is 1. The van der Waals surface area contributed by atoms with Gasteiger partial charge < -0.3 is 0 Å². The van der Waals surface area contributed by atoms with Crippen LogP contribution in [-0.2, 0) is 32.7 Å². The maximum absolute atomic E-state index is 4.93. The van der Waals surface area contributed by atoms with Crippen molar-refractivity contribution >= 4 is 48.1 Å². The van der Waals surface area contributed by atoms with Crippen LogP contribution in [0.1, 0.15) is 114 Å². The molecule has 0 N–H and O–H groups in total. The maximum atomic E-state index is 4.93. The Balaban J connectivity index is 0.000000167. The zero-order chi connectivity index (χ0) is 39.1. The first kappa shape index (κ1) is 42.4. The van der Waals surface area contributed by atoms with E-state index in [0.29, 0.717) is 17.3 Å². The molecule has 0 heterocycles. The molecule has 4 saturated carbocycles. The average Bonchev–Trinajstić information content (AvgIpc) is 3.83. The third-order valence-electron chi connectivity index (χ3n) is 12.9. The number of hydrogen-bond donors (Lipinski definition) is 0. The predicted molar refractivity (Wildman–Crippen MR) is 241 cm³/mol. The van der Waals surface area contributed by atoms with Gasteiger partial charge in [-0.05, 0) is 102 Å². The monoisotopic (exact) mass is 860 g/mol. The van der Waals surface area contributed by atoms with Gasteiger partial charge in [0.05, 0.1) is 0 Å². The van der Waals surface area contributed by atoms with Crippen LogP contribution in [0.15, 0.2) is 109 Å². The first-order valence-corrected chi connectivity index (χ1v) is 29.1. The predicted octanol–water partition coefficient (Wildman–Crippen LogP) is 16.3. The summed E-state index contributed by atoms with van der Waals surface area (Å²) < 4.78 is 0. The van der Waals surface area contributed by atoms with Crippen LogP contribution in [-0.4, -0.2) is 9.52 Å². The van der Waals surface area contributed by atoms with Crippen molar-refractivity contribution in [2.75, 3.05) is 0 Å². The molecule has 4 bridgehead atoms. The van der Waals surface area contributed by atoms with Crippen LogP contribution >= 0.6 is 17.0 Å². The number of halogens is 2. The molecule has 2 radical (unpaired) electrons. The summed E-state index contributed by atoms with van der Waals surface area (Å²) in [5.41, 5.74) is 11.9. The second kappa shape index (κ2) is 19.5. The van der Waals surface area contributed by atoms with Crippen molar-refractivity contribution in [3.63, 3.8) is 0 Å². The van der Waals surface area contributed by atoms with Crippen molar-refractivity contribution < 1.29 is 20.8 Å². The van der Waals surface area contributed by atoms with Crippen molar-refractivity contribution in [2.24, 2.45) is 17.8 Å². The molecule has 0 amide bonds. The van der Waals surface area contributed by atoms with Crippen molar-refractivity contribution in [1.82, 2.24) is 0 Å². The minimum atomic E-state index is -0.826.